The molecule has 112 valence electrons. The van der Waals surface area contributed by atoms with E-state index in [1.807, 2.05) is 5.38 Å². The van der Waals surface area contributed by atoms with Gasteiger partial charge in [-0.15, -0.1) is 22.7 Å². The number of amides is 1. The van der Waals surface area contributed by atoms with Gasteiger partial charge < -0.3 is 11.1 Å². The highest BCUT2D eigenvalue weighted by molar-refractivity contribution is 7.13. The van der Waals surface area contributed by atoms with E-state index in [1.165, 1.54) is 35.3 Å². The van der Waals surface area contributed by atoms with Crippen molar-refractivity contribution in [1.29, 1.82) is 0 Å². The zero-order chi connectivity index (χ0) is 14.7. The lowest BCUT2D eigenvalue weighted by atomic mass is 9.94. The third kappa shape index (κ3) is 3.44. The standard InChI is InChI=1S/C15H19N3OS2/c16-15-18-11(9-21-15)5-3-7-17-14(19)13-12-6-2-1-4-10(12)8-20-13/h8-9H,1-7H2,(H2,16,18)(H,17,19). The largest absolute Gasteiger partial charge is 0.375 e. The van der Waals surface area contributed by atoms with E-state index >= 15 is 0 Å². The van der Waals surface area contributed by atoms with Gasteiger partial charge in [-0.05, 0) is 55.0 Å². The molecule has 6 heteroatoms. The highest BCUT2D eigenvalue weighted by Gasteiger charge is 2.19. The Morgan fingerprint density at radius 1 is 1.29 bits per heavy atom. The lowest BCUT2D eigenvalue weighted by Gasteiger charge is -2.12. The van der Waals surface area contributed by atoms with Crippen molar-refractivity contribution >= 4 is 33.7 Å². The van der Waals surface area contributed by atoms with Crippen LogP contribution in [0.15, 0.2) is 10.8 Å². The summed E-state index contributed by atoms with van der Waals surface area (Å²) in [5, 5.41) is 7.77. The molecule has 3 rings (SSSR count). The number of nitrogens with two attached hydrogens (primary N) is 1. The highest BCUT2D eigenvalue weighted by Crippen LogP contribution is 2.29. The molecule has 0 aliphatic heterocycles. The van der Waals surface area contributed by atoms with Gasteiger partial charge in [-0.1, -0.05) is 0 Å². The number of hydrogen-bond acceptors (Lipinski definition) is 5. The summed E-state index contributed by atoms with van der Waals surface area (Å²) >= 11 is 3.06. The smallest absolute Gasteiger partial charge is 0.261 e. The maximum Gasteiger partial charge on any atom is 0.261 e. The minimum Gasteiger partial charge on any atom is -0.375 e. The van der Waals surface area contributed by atoms with E-state index in [4.69, 9.17) is 5.73 Å². The molecule has 0 unspecified atom stereocenters. The van der Waals surface area contributed by atoms with E-state index < -0.39 is 0 Å². The van der Waals surface area contributed by atoms with Crippen molar-refractivity contribution in [2.75, 3.05) is 12.3 Å². The SMILES string of the molecule is Nc1nc(CCCNC(=O)c2scc3c2CCCC3)cs1. The van der Waals surface area contributed by atoms with Crippen LogP contribution >= 0.6 is 22.7 Å². The summed E-state index contributed by atoms with van der Waals surface area (Å²) in [6.07, 6.45) is 6.39. The van der Waals surface area contributed by atoms with Gasteiger partial charge in [-0.25, -0.2) is 4.98 Å². The van der Waals surface area contributed by atoms with Crippen molar-refractivity contribution in [3.05, 3.63) is 32.5 Å². The Morgan fingerprint density at radius 3 is 2.95 bits per heavy atom. The Morgan fingerprint density at radius 2 is 2.14 bits per heavy atom. The predicted octanol–water partition coefficient (Wildman–Crippen LogP) is 3.03. The molecule has 0 saturated heterocycles. The van der Waals surface area contributed by atoms with Gasteiger partial charge in [0.2, 0.25) is 0 Å². The lowest BCUT2D eigenvalue weighted by molar-refractivity contribution is 0.0956. The van der Waals surface area contributed by atoms with Crippen LogP contribution in [0.25, 0.3) is 0 Å². The van der Waals surface area contributed by atoms with Gasteiger partial charge in [0.25, 0.3) is 5.91 Å². The van der Waals surface area contributed by atoms with Gasteiger partial charge in [-0.3, -0.25) is 4.79 Å². The molecule has 0 fully saturated rings. The van der Waals surface area contributed by atoms with Crippen molar-refractivity contribution in [1.82, 2.24) is 10.3 Å². The predicted molar refractivity (Wildman–Crippen MR) is 88.1 cm³/mol. The summed E-state index contributed by atoms with van der Waals surface area (Å²) in [7, 11) is 0. The van der Waals surface area contributed by atoms with Gasteiger partial charge in [0, 0.05) is 11.9 Å². The van der Waals surface area contributed by atoms with Crippen LogP contribution in [-0.4, -0.2) is 17.4 Å². The molecule has 1 aliphatic carbocycles. The number of carbonyl (C=O) groups excluding carboxylic acids is 1. The van der Waals surface area contributed by atoms with E-state index in [1.54, 1.807) is 11.3 Å². The summed E-state index contributed by atoms with van der Waals surface area (Å²) in [6.45, 7) is 0.683. The molecule has 0 spiro atoms. The van der Waals surface area contributed by atoms with E-state index in [0.29, 0.717) is 11.7 Å². The van der Waals surface area contributed by atoms with Gasteiger partial charge in [0.1, 0.15) is 0 Å². The number of thiazole rings is 1. The van der Waals surface area contributed by atoms with Crippen LogP contribution in [0.4, 0.5) is 5.13 Å². The summed E-state index contributed by atoms with van der Waals surface area (Å²) in [5.41, 5.74) is 9.28. The van der Waals surface area contributed by atoms with Crippen LogP contribution < -0.4 is 11.1 Å². The van der Waals surface area contributed by atoms with E-state index in [0.717, 1.165) is 36.3 Å². The third-order valence-electron chi connectivity index (χ3n) is 3.77. The number of aryl methyl sites for hydroxylation is 2. The molecule has 0 bridgehead atoms. The van der Waals surface area contributed by atoms with E-state index in [2.05, 4.69) is 15.7 Å². The summed E-state index contributed by atoms with van der Waals surface area (Å²) < 4.78 is 0. The molecule has 3 N–H and O–H groups in total. The number of nitrogens with one attached hydrogen (secondary N) is 1. The molecule has 4 nitrogen and oxygen atoms in total. The highest BCUT2D eigenvalue weighted by atomic mass is 32.1. The summed E-state index contributed by atoms with van der Waals surface area (Å²) in [5.74, 6) is 0.0842. The molecule has 0 saturated carbocycles. The Balaban J connectivity index is 1.49. The average molecular weight is 321 g/mol. The van der Waals surface area contributed by atoms with Crippen molar-refractivity contribution < 1.29 is 4.79 Å². The average Bonchev–Trinajstić information content (AvgIpc) is 3.09. The number of aromatic nitrogens is 1. The van der Waals surface area contributed by atoms with Crippen molar-refractivity contribution in [2.45, 2.75) is 38.5 Å². The molecule has 2 heterocycles. The van der Waals surface area contributed by atoms with Gasteiger partial charge in [0.15, 0.2) is 5.13 Å². The molecule has 0 aromatic carbocycles. The molecule has 21 heavy (non-hydrogen) atoms. The second-order valence-electron chi connectivity index (χ2n) is 5.31. The van der Waals surface area contributed by atoms with E-state index in [9.17, 15) is 4.79 Å². The fourth-order valence-electron chi connectivity index (χ4n) is 2.70. The number of nitrogen functional groups attached to an aromatic ring is 1. The molecular weight excluding hydrogens is 302 g/mol. The monoisotopic (exact) mass is 321 g/mol. The van der Waals surface area contributed by atoms with E-state index in [-0.39, 0.29) is 5.91 Å². The Hall–Kier alpha value is -1.40. The molecular formula is C15H19N3OS2. The van der Waals surface area contributed by atoms with Crippen LogP contribution in [0.3, 0.4) is 0 Å². The van der Waals surface area contributed by atoms with Crippen molar-refractivity contribution in [3.8, 4) is 0 Å². The number of carbonyl (C=O) groups is 1. The Labute approximate surface area is 132 Å². The number of thiophene rings is 1. The minimum absolute atomic E-state index is 0.0842. The fraction of sp³-hybridized carbons (Fsp3) is 0.467. The quantitative estimate of drug-likeness (QED) is 0.832. The number of hydrogen-bond donors (Lipinski definition) is 2. The molecule has 1 amide bonds. The number of rotatable bonds is 5. The van der Waals surface area contributed by atoms with Crippen molar-refractivity contribution in [2.24, 2.45) is 0 Å². The molecule has 2 aromatic rings. The first-order chi connectivity index (χ1) is 10.2. The maximum absolute atomic E-state index is 12.3. The van der Waals surface area contributed by atoms with Gasteiger partial charge >= 0.3 is 0 Å². The molecule has 0 atom stereocenters. The first-order valence-corrected chi connectivity index (χ1v) is 9.07. The zero-order valence-corrected chi connectivity index (χ0v) is 13.5. The summed E-state index contributed by atoms with van der Waals surface area (Å²) in [6, 6.07) is 0. The topological polar surface area (TPSA) is 68.0 Å². The first kappa shape index (κ1) is 14.5. The van der Waals surface area contributed by atoms with Crippen LogP contribution in [-0.2, 0) is 19.3 Å². The van der Waals surface area contributed by atoms with Crippen LogP contribution in [0.2, 0.25) is 0 Å². The van der Waals surface area contributed by atoms with Crippen molar-refractivity contribution in [3.63, 3.8) is 0 Å². The Kier molecular flexibility index (Phi) is 4.55. The fourth-order valence-corrected chi connectivity index (χ4v) is 4.37. The second-order valence-corrected chi connectivity index (χ2v) is 7.08. The second kappa shape index (κ2) is 6.58. The normalized spacial score (nSPS) is 13.9. The third-order valence-corrected chi connectivity index (χ3v) is 5.57. The molecule has 0 radical (unpaired) electrons. The van der Waals surface area contributed by atoms with Crippen LogP contribution in [0.5, 0.6) is 0 Å². The van der Waals surface area contributed by atoms with Crippen LogP contribution in [0, 0.1) is 0 Å². The first-order valence-electron chi connectivity index (χ1n) is 7.31. The van der Waals surface area contributed by atoms with Gasteiger partial charge in [-0.2, -0.15) is 0 Å². The number of fused-ring (bicyclic) bond motifs is 1. The maximum atomic E-state index is 12.3. The molecule has 1 aliphatic rings. The van der Waals surface area contributed by atoms with Gasteiger partial charge in [0.05, 0.1) is 10.6 Å². The Bertz CT molecular complexity index is 633. The molecule has 2 aromatic heterocycles. The van der Waals surface area contributed by atoms with Crippen LogP contribution in [0.1, 0.15) is 45.8 Å². The number of nitrogens with zero attached hydrogens (tertiary/aromatic N) is 1. The lowest BCUT2D eigenvalue weighted by Crippen LogP contribution is -2.25. The number of anilines is 1. The summed E-state index contributed by atoms with van der Waals surface area (Å²) in [4.78, 5) is 17.4. The zero-order valence-electron chi connectivity index (χ0n) is 11.9. The minimum atomic E-state index is 0.0842.